The van der Waals surface area contributed by atoms with Crippen molar-refractivity contribution in [3.8, 4) is 0 Å². The summed E-state index contributed by atoms with van der Waals surface area (Å²) >= 11 is 0. The quantitative estimate of drug-likeness (QED) is 0.602. The number of hydrogen-bond donors (Lipinski definition) is 0. The van der Waals surface area contributed by atoms with Crippen LogP contribution >= 0.6 is 0 Å². The second kappa shape index (κ2) is 14.9. The normalized spacial score (nSPS) is 16.2. The molecule has 0 aromatic rings. The molecule has 0 atom stereocenters. The fourth-order valence-electron chi connectivity index (χ4n) is 0.871. The molecule has 0 aliphatic carbocycles. The molecule has 1 saturated heterocycles. The molecule has 1 rings (SSSR count). The zero-order valence-electron chi connectivity index (χ0n) is 9.96. The molecule has 0 aromatic heterocycles. The smallest absolute Gasteiger partial charge is 0.0593 e. The van der Waals surface area contributed by atoms with Gasteiger partial charge in [0.15, 0.2) is 0 Å². The molecule has 14 heavy (non-hydrogen) atoms. The van der Waals surface area contributed by atoms with Gasteiger partial charge in [-0.25, -0.2) is 0 Å². The average Bonchev–Trinajstić information content (AvgIpc) is 2.49. The van der Waals surface area contributed by atoms with E-state index in [2.05, 4.69) is 25.1 Å². The largest absolute Gasteiger partial charge is 0.380 e. The molecule has 0 radical (unpaired) electrons. The zero-order valence-corrected chi connectivity index (χ0v) is 9.96. The fourth-order valence-corrected chi connectivity index (χ4v) is 0.871. The van der Waals surface area contributed by atoms with Crippen LogP contribution in [-0.4, -0.2) is 38.3 Å². The lowest BCUT2D eigenvalue weighted by atomic mass is 10.4. The molecule has 0 bridgehead atoms. The Kier molecular flexibility index (Phi) is 16.9. The maximum absolute atomic E-state index is 5.22. The molecule has 0 amide bonds. The summed E-state index contributed by atoms with van der Waals surface area (Å²) in [6.07, 6.45) is 4.47. The van der Waals surface area contributed by atoms with Gasteiger partial charge in [-0.05, 0) is 13.5 Å². The van der Waals surface area contributed by atoms with Gasteiger partial charge >= 0.3 is 0 Å². The summed E-state index contributed by atoms with van der Waals surface area (Å²) in [5.41, 5.74) is 0. The predicted octanol–water partition coefficient (Wildman–Crippen LogP) is 2.72. The van der Waals surface area contributed by atoms with Gasteiger partial charge in [0.25, 0.3) is 0 Å². The summed E-state index contributed by atoms with van der Waals surface area (Å²) in [4.78, 5) is 2.30. The molecule has 0 saturated carbocycles. The standard InChI is InChI=1S/C6H13NO.C4H6.C2H6/c1-7-3-2-5-8-6-4-7;1-3-4-2;1-2/h2-6H2,1H3;3-4H,1-2H2;1-2H3. The Morgan fingerprint density at radius 3 is 2.14 bits per heavy atom. The molecule has 1 heterocycles. The van der Waals surface area contributed by atoms with E-state index in [1.54, 1.807) is 12.2 Å². The maximum atomic E-state index is 5.22. The SMILES string of the molecule is C=CC=C.CC.CN1CCCOCC1. The number of rotatable bonds is 1. The van der Waals surface area contributed by atoms with Crippen molar-refractivity contribution in [3.63, 3.8) is 0 Å². The molecule has 0 unspecified atom stereocenters. The lowest BCUT2D eigenvalue weighted by Crippen LogP contribution is -2.20. The van der Waals surface area contributed by atoms with Gasteiger partial charge in [0.05, 0.1) is 6.61 Å². The third-order valence-corrected chi connectivity index (χ3v) is 1.61. The molecular formula is C12H25NO. The summed E-state index contributed by atoms with van der Waals surface area (Å²) < 4.78 is 5.22. The Morgan fingerprint density at radius 2 is 1.64 bits per heavy atom. The van der Waals surface area contributed by atoms with Crippen LogP contribution in [0.5, 0.6) is 0 Å². The monoisotopic (exact) mass is 199 g/mol. The topological polar surface area (TPSA) is 12.5 Å². The van der Waals surface area contributed by atoms with E-state index in [0.29, 0.717) is 0 Å². The second-order valence-corrected chi connectivity index (χ2v) is 2.74. The first kappa shape index (κ1) is 15.9. The molecular weight excluding hydrogens is 174 g/mol. The van der Waals surface area contributed by atoms with E-state index in [1.165, 1.54) is 13.0 Å². The molecule has 2 nitrogen and oxygen atoms in total. The predicted molar refractivity (Wildman–Crippen MR) is 64.7 cm³/mol. The molecule has 2 heteroatoms. The minimum absolute atomic E-state index is 0.913. The van der Waals surface area contributed by atoms with Gasteiger partial charge in [0.2, 0.25) is 0 Å². The molecule has 1 aliphatic heterocycles. The van der Waals surface area contributed by atoms with Crippen molar-refractivity contribution in [1.29, 1.82) is 0 Å². The van der Waals surface area contributed by atoms with E-state index in [4.69, 9.17) is 4.74 Å². The van der Waals surface area contributed by atoms with Gasteiger partial charge in [-0.3, -0.25) is 0 Å². The summed E-state index contributed by atoms with van der Waals surface area (Å²) in [5, 5.41) is 0. The molecule has 1 aliphatic rings. The Morgan fingerprint density at radius 1 is 1.07 bits per heavy atom. The Hall–Kier alpha value is -0.600. The van der Waals surface area contributed by atoms with Gasteiger partial charge in [0, 0.05) is 19.7 Å². The van der Waals surface area contributed by atoms with E-state index in [0.717, 1.165) is 19.8 Å². The maximum Gasteiger partial charge on any atom is 0.0593 e. The molecule has 0 N–H and O–H groups in total. The van der Waals surface area contributed by atoms with Crippen LogP contribution in [0.3, 0.4) is 0 Å². The molecule has 84 valence electrons. The lowest BCUT2D eigenvalue weighted by molar-refractivity contribution is 0.144. The van der Waals surface area contributed by atoms with Gasteiger partial charge in [-0.2, -0.15) is 0 Å². The van der Waals surface area contributed by atoms with Crippen molar-refractivity contribution in [2.45, 2.75) is 20.3 Å². The average molecular weight is 199 g/mol. The van der Waals surface area contributed by atoms with Gasteiger partial charge in [0.1, 0.15) is 0 Å². The van der Waals surface area contributed by atoms with Crippen LogP contribution in [0.4, 0.5) is 0 Å². The van der Waals surface area contributed by atoms with E-state index < -0.39 is 0 Å². The minimum Gasteiger partial charge on any atom is -0.380 e. The summed E-state index contributed by atoms with van der Waals surface area (Å²) in [6.45, 7) is 14.9. The Balaban J connectivity index is 0. The first-order chi connectivity index (χ1) is 6.81. The van der Waals surface area contributed by atoms with E-state index in [-0.39, 0.29) is 0 Å². The first-order valence-electron chi connectivity index (χ1n) is 5.31. The third-order valence-electron chi connectivity index (χ3n) is 1.61. The van der Waals surface area contributed by atoms with Crippen LogP contribution in [0.25, 0.3) is 0 Å². The molecule has 0 spiro atoms. The van der Waals surface area contributed by atoms with Gasteiger partial charge in [-0.1, -0.05) is 39.2 Å². The van der Waals surface area contributed by atoms with Crippen molar-refractivity contribution in [1.82, 2.24) is 4.90 Å². The van der Waals surface area contributed by atoms with Gasteiger partial charge < -0.3 is 9.64 Å². The highest BCUT2D eigenvalue weighted by Crippen LogP contribution is 1.93. The van der Waals surface area contributed by atoms with Crippen molar-refractivity contribution < 1.29 is 4.74 Å². The van der Waals surface area contributed by atoms with Crippen LogP contribution in [0.1, 0.15) is 20.3 Å². The van der Waals surface area contributed by atoms with Crippen LogP contribution in [0.2, 0.25) is 0 Å². The van der Waals surface area contributed by atoms with Crippen LogP contribution < -0.4 is 0 Å². The van der Waals surface area contributed by atoms with Gasteiger partial charge in [-0.15, -0.1) is 0 Å². The number of likely N-dealkylation sites (N-methyl/N-ethyl adjacent to an activating group) is 1. The van der Waals surface area contributed by atoms with Crippen LogP contribution in [0.15, 0.2) is 25.3 Å². The summed E-state index contributed by atoms with van der Waals surface area (Å²) in [7, 11) is 2.13. The minimum atomic E-state index is 0.913. The highest BCUT2D eigenvalue weighted by Gasteiger charge is 2.01. The number of hydrogen-bond acceptors (Lipinski definition) is 2. The fraction of sp³-hybridized carbons (Fsp3) is 0.667. The van der Waals surface area contributed by atoms with Crippen molar-refractivity contribution in [2.24, 2.45) is 0 Å². The number of nitrogens with zero attached hydrogens (tertiary/aromatic N) is 1. The van der Waals surface area contributed by atoms with Crippen molar-refractivity contribution >= 4 is 0 Å². The number of allylic oxidation sites excluding steroid dienone is 2. The first-order valence-corrected chi connectivity index (χ1v) is 5.31. The highest BCUT2D eigenvalue weighted by molar-refractivity contribution is 4.88. The van der Waals surface area contributed by atoms with E-state index in [9.17, 15) is 0 Å². The zero-order chi connectivity index (χ0) is 11.2. The van der Waals surface area contributed by atoms with Crippen LogP contribution in [-0.2, 0) is 4.74 Å². The molecule has 1 fully saturated rings. The van der Waals surface area contributed by atoms with Crippen molar-refractivity contribution in [3.05, 3.63) is 25.3 Å². The number of ether oxygens (including phenoxy) is 1. The summed E-state index contributed by atoms with van der Waals surface area (Å²) in [6, 6.07) is 0. The summed E-state index contributed by atoms with van der Waals surface area (Å²) in [5.74, 6) is 0. The van der Waals surface area contributed by atoms with Crippen LogP contribution in [0, 0.1) is 0 Å². The van der Waals surface area contributed by atoms with Crippen molar-refractivity contribution in [2.75, 3.05) is 33.4 Å². The third kappa shape index (κ3) is 14.0. The Labute approximate surface area is 89.3 Å². The van der Waals surface area contributed by atoms with E-state index in [1.807, 2.05) is 13.8 Å². The Bertz CT molecular complexity index is 109. The highest BCUT2D eigenvalue weighted by atomic mass is 16.5. The van der Waals surface area contributed by atoms with E-state index >= 15 is 0 Å². The molecule has 0 aromatic carbocycles. The lowest BCUT2D eigenvalue weighted by Gasteiger charge is -2.09. The second-order valence-electron chi connectivity index (χ2n) is 2.74.